The van der Waals surface area contributed by atoms with Gasteiger partial charge in [-0.3, -0.25) is 0 Å². The highest BCUT2D eigenvalue weighted by atomic mass is 32.1. The molecule has 1 saturated heterocycles. The van der Waals surface area contributed by atoms with E-state index in [-0.39, 0.29) is 0 Å². The van der Waals surface area contributed by atoms with Gasteiger partial charge in [-0.05, 0) is 72.0 Å². The Labute approximate surface area is 203 Å². The Kier molecular flexibility index (Phi) is 6.83. The van der Waals surface area contributed by atoms with Gasteiger partial charge in [-0.15, -0.1) is 11.3 Å². The number of carbonyl (C=O) groups is 1. The average Bonchev–Trinajstić information content (AvgIpc) is 3.28. The quantitative estimate of drug-likeness (QED) is 0.381. The molecule has 0 amide bonds. The van der Waals surface area contributed by atoms with Crippen LogP contribution in [-0.2, 0) is 6.54 Å². The van der Waals surface area contributed by atoms with Crippen molar-refractivity contribution in [3.05, 3.63) is 76.7 Å². The summed E-state index contributed by atoms with van der Waals surface area (Å²) in [6.07, 6.45) is 6.84. The molecule has 6 nitrogen and oxygen atoms in total. The van der Waals surface area contributed by atoms with Crippen molar-refractivity contribution in [1.82, 2.24) is 15.3 Å². The first-order chi connectivity index (χ1) is 16.7. The lowest BCUT2D eigenvalue weighted by molar-refractivity contribution is 0.0702. The van der Waals surface area contributed by atoms with E-state index in [1.807, 2.05) is 0 Å². The third-order valence-electron chi connectivity index (χ3n) is 6.18. The summed E-state index contributed by atoms with van der Waals surface area (Å²) in [7, 11) is 0. The summed E-state index contributed by atoms with van der Waals surface area (Å²) in [4.78, 5) is 21.9. The van der Waals surface area contributed by atoms with E-state index in [2.05, 4.69) is 62.6 Å². The largest absolute Gasteiger partial charge is 0.477 e. The molecule has 34 heavy (non-hydrogen) atoms. The summed E-state index contributed by atoms with van der Waals surface area (Å²) in [5.41, 5.74) is 4.87. The number of carboxylic acids is 1. The highest BCUT2D eigenvalue weighted by molar-refractivity contribution is 7.11. The van der Waals surface area contributed by atoms with Crippen molar-refractivity contribution in [3.8, 4) is 11.1 Å². The molecular weight excluding hydrogens is 444 g/mol. The van der Waals surface area contributed by atoms with Crippen LogP contribution in [0.5, 0.6) is 0 Å². The molecule has 7 heteroatoms. The predicted octanol–water partition coefficient (Wildman–Crippen LogP) is 5.60. The van der Waals surface area contributed by atoms with Crippen LogP contribution in [0.3, 0.4) is 0 Å². The van der Waals surface area contributed by atoms with Crippen LogP contribution in [0.2, 0.25) is 0 Å². The molecule has 0 unspecified atom stereocenters. The Balaban J connectivity index is 0.000000257. The number of benzene rings is 2. The topological polar surface area (TPSA) is 78.3 Å². The van der Waals surface area contributed by atoms with Crippen molar-refractivity contribution in [2.75, 3.05) is 18.0 Å². The van der Waals surface area contributed by atoms with E-state index >= 15 is 0 Å². The average molecular weight is 473 g/mol. The Bertz CT molecular complexity index is 1260. The first-order valence-corrected chi connectivity index (χ1v) is 12.6. The molecule has 2 fully saturated rings. The SMILES string of the molecule is O=C(O)c1cccs1.c1cc(CNC2CC2)cc(-c2ccc3ncnc(N4CCCC4)c3c2)c1. The Morgan fingerprint density at radius 3 is 2.56 bits per heavy atom. The fourth-order valence-electron chi connectivity index (χ4n) is 4.21. The molecule has 174 valence electrons. The third-order valence-corrected chi connectivity index (χ3v) is 7.04. The van der Waals surface area contributed by atoms with E-state index in [1.165, 1.54) is 53.7 Å². The van der Waals surface area contributed by atoms with Gasteiger partial charge in [0.25, 0.3) is 0 Å². The normalized spacial score (nSPS) is 15.2. The van der Waals surface area contributed by atoms with Gasteiger partial charge >= 0.3 is 5.97 Å². The van der Waals surface area contributed by atoms with Gasteiger partial charge in [-0.1, -0.05) is 30.3 Å². The van der Waals surface area contributed by atoms with Gasteiger partial charge in [0, 0.05) is 31.1 Å². The van der Waals surface area contributed by atoms with Gasteiger partial charge in [0.1, 0.15) is 17.0 Å². The molecule has 2 N–H and O–H groups in total. The Morgan fingerprint density at radius 1 is 1.03 bits per heavy atom. The Morgan fingerprint density at radius 2 is 1.85 bits per heavy atom. The summed E-state index contributed by atoms with van der Waals surface area (Å²) in [6.45, 7) is 3.14. The van der Waals surface area contributed by atoms with Crippen LogP contribution in [0.1, 0.15) is 40.9 Å². The number of hydrogen-bond acceptors (Lipinski definition) is 6. The van der Waals surface area contributed by atoms with Gasteiger partial charge in [-0.25, -0.2) is 14.8 Å². The Hall–Kier alpha value is -3.29. The molecule has 6 rings (SSSR count). The second-order valence-electron chi connectivity index (χ2n) is 8.76. The number of nitrogens with one attached hydrogen (secondary N) is 1. The standard InChI is InChI=1S/C22H24N4.C5H4O2S/c1-2-11-26(10-1)22-20-13-18(6-9-21(20)24-15-25-22)17-5-3-4-16(12-17)14-23-19-7-8-19;6-5(7)4-2-1-3-8-4/h3-6,9,12-13,15,19,23H,1-2,7-8,10-11,14H2;1-3H,(H,6,7). The van der Waals surface area contributed by atoms with Crippen molar-refractivity contribution >= 4 is 34.0 Å². The van der Waals surface area contributed by atoms with Crippen LogP contribution in [0.4, 0.5) is 5.82 Å². The van der Waals surface area contributed by atoms with E-state index in [1.54, 1.807) is 23.8 Å². The lowest BCUT2D eigenvalue weighted by Gasteiger charge is -2.18. The predicted molar refractivity (Wildman–Crippen MR) is 138 cm³/mol. The molecular formula is C27H28N4O2S. The van der Waals surface area contributed by atoms with Gasteiger partial charge in [0.2, 0.25) is 0 Å². The number of fused-ring (bicyclic) bond motifs is 1. The van der Waals surface area contributed by atoms with Crippen molar-refractivity contribution < 1.29 is 9.90 Å². The van der Waals surface area contributed by atoms with Crippen LogP contribution >= 0.6 is 11.3 Å². The molecule has 2 aromatic carbocycles. The summed E-state index contributed by atoms with van der Waals surface area (Å²) in [5.74, 6) is 0.237. The van der Waals surface area contributed by atoms with Gasteiger partial charge in [0.05, 0.1) is 5.52 Å². The summed E-state index contributed by atoms with van der Waals surface area (Å²) < 4.78 is 0. The number of anilines is 1. The fraction of sp³-hybridized carbons (Fsp3) is 0.296. The molecule has 0 atom stereocenters. The van der Waals surface area contributed by atoms with Crippen LogP contribution in [0.15, 0.2) is 66.3 Å². The van der Waals surface area contributed by atoms with E-state index in [9.17, 15) is 4.79 Å². The van der Waals surface area contributed by atoms with E-state index in [0.29, 0.717) is 4.88 Å². The first kappa shape index (κ1) is 22.5. The maximum Gasteiger partial charge on any atom is 0.345 e. The first-order valence-electron chi connectivity index (χ1n) is 11.8. The van der Waals surface area contributed by atoms with E-state index in [4.69, 9.17) is 5.11 Å². The van der Waals surface area contributed by atoms with Crippen LogP contribution in [0.25, 0.3) is 22.0 Å². The fourth-order valence-corrected chi connectivity index (χ4v) is 4.78. The second kappa shape index (κ2) is 10.3. The van der Waals surface area contributed by atoms with Crippen molar-refractivity contribution in [2.24, 2.45) is 0 Å². The van der Waals surface area contributed by atoms with Crippen LogP contribution in [0, 0.1) is 0 Å². The highest BCUT2D eigenvalue weighted by Crippen LogP contribution is 2.30. The maximum absolute atomic E-state index is 10.1. The minimum absolute atomic E-state index is 0.394. The summed E-state index contributed by atoms with van der Waals surface area (Å²) in [5, 5.41) is 14.8. The van der Waals surface area contributed by atoms with Crippen molar-refractivity contribution in [3.63, 3.8) is 0 Å². The number of rotatable bonds is 6. The second-order valence-corrected chi connectivity index (χ2v) is 9.71. The zero-order valence-corrected chi connectivity index (χ0v) is 19.8. The van der Waals surface area contributed by atoms with Crippen LogP contribution in [-0.4, -0.2) is 40.2 Å². The molecule has 2 aliphatic rings. The lowest BCUT2D eigenvalue weighted by Crippen LogP contribution is -2.19. The maximum atomic E-state index is 10.1. The van der Waals surface area contributed by atoms with E-state index < -0.39 is 5.97 Å². The number of nitrogens with zero attached hydrogens (tertiary/aromatic N) is 3. The van der Waals surface area contributed by atoms with Gasteiger partial charge in [-0.2, -0.15) is 0 Å². The minimum atomic E-state index is -0.847. The molecule has 0 radical (unpaired) electrons. The van der Waals surface area contributed by atoms with Crippen LogP contribution < -0.4 is 10.2 Å². The third kappa shape index (κ3) is 5.43. The van der Waals surface area contributed by atoms with E-state index in [0.717, 1.165) is 42.4 Å². The number of aromatic nitrogens is 2. The van der Waals surface area contributed by atoms with Crippen molar-refractivity contribution in [1.29, 1.82) is 0 Å². The number of hydrogen-bond donors (Lipinski definition) is 2. The smallest absolute Gasteiger partial charge is 0.345 e. The number of carboxylic acid groups (broad SMARTS) is 1. The van der Waals surface area contributed by atoms with Gasteiger partial charge in [0.15, 0.2) is 0 Å². The zero-order chi connectivity index (χ0) is 23.3. The molecule has 1 saturated carbocycles. The molecule has 0 spiro atoms. The summed E-state index contributed by atoms with van der Waals surface area (Å²) >= 11 is 1.23. The molecule has 2 aromatic heterocycles. The van der Waals surface area contributed by atoms with Crippen molar-refractivity contribution in [2.45, 2.75) is 38.3 Å². The number of thiophene rings is 1. The lowest BCUT2D eigenvalue weighted by atomic mass is 10.0. The molecule has 1 aliphatic heterocycles. The monoisotopic (exact) mass is 472 g/mol. The summed E-state index contributed by atoms with van der Waals surface area (Å²) in [6, 6.07) is 19.5. The molecule has 1 aliphatic carbocycles. The molecule has 0 bridgehead atoms. The zero-order valence-electron chi connectivity index (χ0n) is 19.0. The molecule has 3 heterocycles. The minimum Gasteiger partial charge on any atom is -0.477 e. The van der Waals surface area contributed by atoms with Gasteiger partial charge < -0.3 is 15.3 Å². The highest BCUT2D eigenvalue weighted by Gasteiger charge is 2.20. The number of aromatic carboxylic acids is 1. The molecule has 4 aromatic rings.